The van der Waals surface area contributed by atoms with E-state index < -0.39 is 0 Å². The van der Waals surface area contributed by atoms with Crippen molar-refractivity contribution in [1.29, 1.82) is 0 Å². The van der Waals surface area contributed by atoms with Crippen molar-refractivity contribution in [2.24, 2.45) is 0 Å². The first kappa shape index (κ1) is 12.0. The Balaban J connectivity index is 2.03. The van der Waals surface area contributed by atoms with Crippen LogP contribution in [0.15, 0.2) is 18.2 Å². The largest absolute Gasteiger partial charge is 0.459 e. The molecule has 0 radical (unpaired) electrons. The Kier molecular flexibility index (Phi) is 3.74. The minimum absolute atomic E-state index is 0.0827. The lowest BCUT2D eigenvalue weighted by Crippen LogP contribution is -2.26. The van der Waals surface area contributed by atoms with Crippen LogP contribution in [0.5, 0.6) is 0 Å². The van der Waals surface area contributed by atoms with Gasteiger partial charge >= 0.3 is 5.97 Å². The van der Waals surface area contributed by atoms with Gasteiger partial charge in [0.05, 0.1) is 18.8 Å². The Labute approximate surface area is 99.5 Å². The molecule has 1 aromatic rings. The van der Waals surface area contributed by atoms with Crippen molar-refractivity contribution in [2.75, 3.05) is 13.2 Å². The molecule has 17 heavy (non-hydrogen) atoms. The molecule has 4 heteroatoms. The number of rotatable bonds is 2. The van der Waals surface area contributed by atoms with Crippen molar-refractivity contribution in [2.45, 2.75) is 25.9 Å². The predicted octanol–water partition coefficient (Wildman–Crippen LogP) is 2.47. The SMILES string of the molecule is Cc1cc(F)ccc1C(=O)OC1CCOCC1. The van der Waals surface area contributed by atoms with E-state index in [1.807, 2.05) is 0 Å². The van der Waals surface area contributed by atoms with Gasteiger partial charge in [-0.15, -0.1) is 0 Å². The van der Waals surface area contributed by atoms with Gasteiger partial charge < -0.3 is 9.47 Å². The highest BCUT2D eigenvalue weighted by Gasteiger charge is 2.20. The third kappa shape index (κ3) is 3.03. The van der Waals surface area contributed by atoms with Gasteiger partial charge in [0.1, 0.15) is 11.9 Å². The molecule has 0 saturated carbocycles. The molecular formula is C13H15FO3. The summed E-state index contributed by atoms with van der Waals surface area (Å²) in [6.07, 6.45) is 1.37. The van der Waals surface area contributed by atoms with E-state index in [1.165, 1.54) is 18.2 Å². The number of halogens is 1. The van der Waals surface area contributed by atoms with Crippen LogP contribution in [0.25, 0.3) is 0 Å². The fraction of sp³-hybridized carbons (Fsp3) is 0.462. The molecule has 1 fully saturated rings. The van der Waals surface area contributed by atoms with Crippen LogP contribution in [0.1, 0.15) is 28.8 Å². The second-order valence-electron chi connectivity index (χ2n) is 4.18. The Morgan fingerprint density at radius 1 is 1.41 bits per heavy atom. The summed E-state index contributed by atoms with van der Waals surface area (Å²) < 4.78 is 23.4. The van der Waals surface area contributed by atoms with Gasteiger partial charge in [0.15, 0.2) is 0 Å². The molecule has 0 bridgehead atoms. The quantitative estimate of drug-likeness (QED) is 0.742. The summed E-state index contributed by atoms with van der Waals surface area (Å²) in [6, 6.07) is 4.07. The Morgan fingerprint density at radius 2 is 2.12 bits per heavy atom. The summed E-state index contributed by atoms with van der Waals surface area (Å²) in [5.41, 5.74) is 1.03. The van der Waals surface area contributed by atoms with E-state index in [0.29, 0.717) is 24.3 Å². The Morgan fingerprint density at radius 3 is 2.76 bits per heavy atom. The van der Waals surface area contributed by atoms with Crippen molar-refractivity contribution in [3.05, 3.63) is 35.1 Å². The van der Waals surface area contributed by atoms with E-state index in [0.717, 1.165) is 12.8 Å². The van der Waals surface area contributed by atoms with Crippen LogP contribution in [-0.2, 0) is 9.47 Å². The fourth-order valence-electron chi connectivity index (χ4n) is 1.86. The lowest BCUT2D eigenvalue weighted by atomic mass is 10.1. The van der Waals surface area contributed by atoms with Crippen molar-refractivity contribution < 1.29 is 18.7 Å². The van der Waals surface area contributed by atoms with Gasteiger partial charge in [-0.3, -0.25) is 0 Å². The summed E-state index contributed by atoms with van der Waals surface area (Å²) in [5.74, 6) is -0.723. The van der Waals surface area contributed by atoms with Gasteiger partial charge in [0.2, 0.25) is 0 Å². The summed E-state index contributed by atoms with van der Waals surface area (Å²) in [4.78, 5) is 11.9. The van der Waals surface area contributed by atoms with Crippen LogP contribution in [0.2, 0.25) is 0 Å². The van der Waals surface area contributed by atoms with Crippen LogP contribution in [0, 0.1) is 12.7 Å². The van der Waals surface area contributed by atoms with E-state index in [-0.39, 0.29) is 17.9 Å². The van der Waals surface area contributed by atoms with Crippen LogP contribution < -0.4 is 0 Å². The van der Waals surface area contributed by atoms with E-state index in [2.05, 4.69) is 0 Å². The second kappa shape index (κ2) is 5.27. The fourth-order valence-corrected chi connectivity index (χ4v) is 1.86. The smallest absolute Gasteiger partial charge is 0.338 e. The topological polar surface area (TPSA) is 35.5 Å². The Bertz CT molecular complexity index is 411. The van der Waals surface area contributed by atoms with Crippen LogP contribution in [0.3, 0.4) is 0 Å². The zero-order valence-corrected chi connectivity index (χ0v) is 9.74. The molecule has 92 valence electrons. The summed E-state index contributed by atoms with van der Waals surface area (Å²) in [5, 5.41) is 0. The van der Waals surface area contributed by atoms with E-state index in [9.17, 15) is 9.18 Å². The lowest BCUT2D eigenvalue weighted by Gasteiger charge is -2.22. The van der Waals surface area contributed by atoms with E-state index in [1.54, 1.807) is 6.92 Å². The maximum atomic E-state index is 12.9. The predicted molar refractivity (Wildman–Crippen MR) is 60.4 cm³/mol. The highest BCUT2D eigenvalue weighted by molar-refractivity contribution is 5.91. The molecule has 0 unspecified atom stereocenters. The maximum Gasteiger partial charge on any atom is 0.338 e. The number of carbonyl (C=O) groups is 1. The highest BCUT2D eigenvalue weighted by atomic mass is 19.1. The Hall–Kier alpha value is -1.42. The van der Waals surface area contributed by atoms with Crippen molar-refractivity contribution in [3.63, 3.8) is 0 Å². The standard InChI is InChI=1S/C13H15FO3/c1-9-8-10(14)2-3-12(9)13(15)17-11-4-6-16-7-5-11/h2-3,8,11H,4-7H2,1H3. The number of aryl methyl sites for hydroxylation is 1. The van der Waals surface area contributed by atoms with Crippen LogP contribution >= 0.6 is 0 Å². The number of carbonyl (C=O) groups excluding carboxylic acids is 1. The molecule has 1 aliphatic rings. The number of esters is 1. The molecule has 0 N–H and O–H groups in total. The average Bonchev–Trinajstić information content (AvgIpc) is 2.30. The van der Waals surface area contributed by atoms with Gasteiger partial charge in [-0.2, -0.15) is 0 Å². The first-order valence-corrected chi connectivity index (χ1v) is 5.71. The van der Waals surface area contributed by atoms with Crippen LogP contribution in [-0.4, -0.2) is 25.3 Å². The average molecular weight is 238 g/mol. The van der Waals surface area contributed by atoms with Crippen molar-refractivity contribution in [1.82, 2.24) is 0 Å². The van der Waals surface area contributed by atoms with E-state index >= 15 is 0 Å². The molecule has 2 rings (SSSR count). The molecule has 0 atom stereocenters. The molecule has 1 aromatic carbocycles. The normalized spacial score (nSPS) is 16.8. The molecule has 0 amide bonds. The van der Waals surface area contributed by atoms with Gasteiger partial charge in [-0.05, 0) is 30.7 Å². The van der Waals surface area contributed by atoms with Gasteiger partial charge in [-0.25, -0.2) is 9.18 Å². The van der Waals surface area contributed by atoms with Crippen LogP contribution in [0.4, 0.5) is 4.39 Å². The van der Waals surface area contributed by atoms with E-state index in [4.69, 9.17) is 9.47 Å². The maximum absolute atomic E-state index is 12.9. The monoisotopic (exact) mass is 238 g/mol. The number of hydrogen-bond donors (Lipinski definition) is 0. The third-order valence-electron chi connectivity index (χ3n) is 2.85. The van der Waals surface area contributed by atoms with Crippen molar-refractivity contribution in [3.8, 4) is 0 Å². The van der Waals surface area contributed by atoms with Crippen molar-refractivity contribution >= 4 is 5.97 Å². The summed E-state index contributed by atoms with van der Waals surface area (Å²) in [7, 11) is 0. The molecular weight excluding hydrogens is 223 g/mol. The third-order valence-corrected chi connectivity index (χ3v) is 2.85. The summed E-state index contributed by atoms with van der Waals surface area (Å²) >= 11 is 0. The molecule has 3 nitrogen and oxygen atoms in total. The molecule has 0 spiro atoms. The minimum atomic E-state index is -0.380. The molecule has 0 aromatic heterocycles. The number of benzene rings is 1. The second-order valence-corrected chi connectivity index (χ2v) is 4.18. The van der Waals surface area contributed by atoms with Gasteiger partial charge in [0.25, 0.3) is 0 Å². The number of hydrogen-bond acceptors (Lipinski definition) is 3. The molecule has 0 aliphatic carbocycles. The zero-order chi connectivity index (χ0) is 12.3. The van der Waals surface area contributed by atoms with Gasteiger partial charge in [0, 0.05) is 12.8 Å². The molecule has 1 heterocycles. The molecule has 1 aliphatic heterocycles. The first-order valence-electron chi connectivity index (χ1n) is 5.71. The lowest BCUT2D eigenvalue weighted by molar-refractivity contribution is -0.0159. The highest BCUT2D eigenvalue weighted by Crippen LogP contribution is 2.16. The first-order chi connectivity index (χ1) is 8.16. The zero-order valence-electron chi connectivity index (χ0n) is 9.74. The summed E-state index contributed by atoms with van der Waals surface area (Å²) in [6.45, 7) is 2.95. The van der Waals surface area contributed by atoms with Gasteiger partial charge in [-0.1, -0.05) is 0 Å². The molecule has 1 saturated heterocycles. The minimum Gasteiger partial charge on any atom is -0.459 e. The number of ether oxygens (including phenoxy) is 2.